The lowest BCUT2D eigenvalue weighted by molar-refractivity contribution is 0.0715. The molecule has 0 radical (unpaired) electrons. The first-order valence-corrected chi connectivity index (χ1v) is 8.97. The summed E-state index contributed by atoms with van der Waals surface area (Å²) in [6.07, 6.45) is -3.32. The Hall–Kier alpha value is -2.29. The second-order valence-corrected chi connectivity index (χ2v) is 7.32. The van der Waals surface area contributed by atoms with Crippen molar-refractivity contribution in [2.45, 2.75) is 45.7 Å². The average molecular weight is 358 g/mol. The molecule has 0 unspecified atom stereocenters. The molecule has 8 nitrogen and oxygen atoms in total. The van der Waals surface area contributed by atoms with Crippen LogP contribution in [-0.2, 0) is 25.2 Å². The fourth-order valence-electron chi connectivity index (χ4n) is 1.65. The van der Waals surface area contributed by atoms with Crippen molar-refractivity contribution in [1.82, 2.24) is 9.84 Å². The molecule has 1 aromatic rings. The molecule has 0 heterocycles. The highest BCUT2D eigenvalue weighted by Crippen LogP contribution is 2.11. The Bertz CT molecular complexity index is 658. The Kier molecular flexibility index (Phi) is 7.02. The van der Waals surface area contributed by atoms with Crippen molar-refractivity contribution in [3.8, 4) is 0 Å². The van der Waals surface area contributed by atoms with Crippen LogP contribution in [0.2, 0.25) is 0 Å². The molecular formula is C15H22N2O6S. The number of carbonyl (C=O) groups excluding carboxylic acids is 2. The van der Waals surface area contributed by atoms with Gasteiger partial charge < -0.3 is 9.47 Å². The van der Waals surface area contributed by atoms with E-state index in [0.29, 0.717) is 5.56 Å². The highest BCUT2D eigenvalue weighted by molar-refractivity contribution is 7.88. The Morgan fingerprint density at radius 3 is 2.08 bits per heavy atom. The molecule has 134 valence electrons. The Morgan fingerprint density at radius 2 is 1.58 bits per heavy atom. The Labute approximate surface area is 141 Å². The Morgan fingerprint density at radius 1 is 1.04 bits per heavy atom. The summed E-state index contributed by atoms with van der Waals surface area (Å²) in [6.45, 7) is 6.31. The number of amides is 2. The van der Waals surface area contributed by atoms with Crippen LogP contribution < -0.4 is 5.43 Å². The van der Waals surface area contributed by atoms with Gasteiger partial charge in [-0.2, -0.15) is 0 Å². The van der Waals surface area contributed by atoms with E-state index in [0.717, 1.165) is 0 Å². The minimum absolute atomic E-state index is 0.171. The Balaban J connectivity index is 3.01. The molecule has 0 atom stereocenters. The van der Waals surface area contributed by atoms with Crippen molar-refractivity contribution in [3.63, 3.8) is 0 Å². The van der Waals surface area contributed by atoms with Crippen LogP contribution in [0.3, 0.4) is 0 Å². The molecule has 0 bridgehead atoms. The topological polar surface area (TPSA) is 102 Å². The monoisotopic (exact) mass is 358 g/mol. The number of hydrazine groups is 1. The maximum atomic E-state index is 12.5. The molecule has 0 aliphatic heterocycles. The molecule has 0 saturated heterocycles. The molecule has 1 rings (SSSR count). The van der Waals surface area contributed by atoms with Gasteiger partial charge in [-0.05, 0) is 33.3 Å². The quantitative estimate of drug-likeness (QED) is 0.811. The summed E-state index contributed by atoms with van der Waals surface area (Å²) in [7, 11) is -4.20. The molecule has 0 spiro atoms. The van der Waals surface area contributed by atoms with Crippen molar-refractivity contribution in [1.29, 1.82) is 0 Å². The van der Waals surface area contributed by atoms with Crippen LogP contribution in [0.1, 0.15) is 33.3 Å². The summed E-state index contributed by atoms with van der Waals surface area (Å²) in [5.41, 5.74) is 2.38. The summed E-state index contributed by atoms with van der Waals surface area (Å²) in [5.74, 6) is -0.483. The van der Waals surface area contributed by atoms with Crippen LogP contribution in [-0.4, -0.2) is 37.2 Å². The molecule has 9 heteroatoms. The molecule has 0 saturated carbocycles. The molecule has 1 aromatic carbocycles. The van der Waals surface area contributed by atoms with Gasteiger partial charge >= 0.3 is 12.2 Å². The molecule has 1 N–H and O–H groups in total. The minimum atomic E-state index is -4.20. The predicted octanol–water partition coefficient (Wildman–Crippen LogP) is 2.41. The van der Waals surface area contributed by atoms with Gasteiger partial charge in [0.05, 0.1) is 18.0 Å². The number of benzene rings is 1. The number of carbonyl (C=O) groups is 2. The highest BCUT2D eigenvalue weighted by Gasteiger charge is 2.32. The van der Waals surface area contributed by atoms with Gasteiger partial charge in [-0.3, -0.25) is 0 Å². The fraction of sp³-hybridized carbons (Fsp3) is 0.467. The fourth-order valence-corrected chi connectivity index (χ4v) is 2.88. The van der Waals surface area contributed by atoms with E-state index in [9.17, 15) is 18.0 Å². The van der Waals surface area contributed by atoms with Gasteiger partial charge in [-0.15, -0.1) is 4.41 Å². The normalized spacial score (nSPS) is 11.2. The average Bonchev–Trinajstić information content (AvgIpc) is 2.43. The van der Waals surface area contributed by atoms with Crippen LogP contribution >= 0.6 is 0 Å². The molecule has 0 aromatic heterocycles. The molecule has 24 heavy (non-hydrogen) atoms. The number of hydrogen-bond donors (Lipinski definition) is 1. The zero-order valence-electron chi connectivity index (χ0n) is 14.1. The lowest BCUT2D eigenvalue weighted by atomic mass is 10.2. The first kappa shape index (κ1) is 19.8. The third kappa shape index (κ3) is 6.45. The summed E-state index contributed by atoms with van der Waals surface area (Å²) >= 11 is 0. The van der Waals surface area contributed by atoms with E-state index in [1.165, 1.54) is 0 Å². The number of ether oxygens (including phenoxy) is 2. The number of nitrogens with zero attached hydrogens (tertiary/aromatic N) is 1. The SMILES string of the molecule is CC(C)OC(=O)NN(C(=O)OC(C)C)S(=O)(=O)Cc1ccccc1. The lowest BCUT2D eigenvalue weighted by Gasteiger charge is -2.23. The van der Waals surface area contributed by atoms with Crippen LogP contribution in [0.4, 0.5) is 9.59 Å². The second kappa shape index (κ2) is 8.53. The minimum Gasteiger partial charge on any atom is -0.446 e. The van der Waals surface area contributed by atoms with Gasteiger partial charge in [0.25, 0.3) is 10.0 Å². The summed E-state index contributed by atoms with van der Waals surface area (Å²) in [5, 5.41) is 0. The van der Waals surface area contributed by atoms with Gasteiger partial charge in [-0.1, -0.05) is 30.3 Å². The zero-order valence-corrected chi connectivity index (χ0v) is 14.9. The van der Waals surface area contributed by atoms with Crippen LogP contribution in [0.15, 0.2) is 30.3 Å². The van der Waals surface area contributed by atoms with Crippen LogP contribution in [0.25, 0.3) is 0 Å². The van der Waals surface area contributed by atoms with E-state index in [4.69, 9.17) is 9.47 Å². The third-order valence-electron chi connectivity index (χ3n) is 2.51. The van der Waals surface area contributed by atoms with E-state index in [1.54, 1.807) is 58.0 Å². The number of nitrogens with one attached hydrogen (secondary N) is 1. The third-order valence-corrected chi connectivity index (χ3v) is 4.00. The first-order chi connectivity index (χ1) is 11.1. The largest absolute Gasteiger partial charge is 0.446 e. The maximum absolute atomic E-state index is 12.5. The van der Waals surface area contributed by atoms with E-state index in [2.05, 4.69) is 0 Å². The molecule has 0 fully saturated rings. The van der Waals surface area contributed by atoms with Crippen molar-refractivity contribution in [3.05, 3.63) is 35.9 Å². The van der Waals surface area contributed by atoms with Gasteiger partial charge in [0, 0.05) is 0 Å². The van der Waals surface area contributed by atoms with Gasteiger partial charge in [0.15, 0.2) is 0 Å². The van der Waals surface area contributed by atoms with Crippen molar-refractivity contribution in [2.24, 2.45) is 0 Å². The van der Waals surface area contributed by atoms with E-state index >= 15 is 0 Å². The smallest absolute Gasteiger partial charge is 0.443 e. The van der Waals surface area contributed by atoms with Crippen molar-refractivity contribution < 1.29 is 27.5 Å². The highest BCUT2D eigenvalue weighted by atomic mass is 32.2. The van der Waals surface area contributed by atoms with Crippen LogP contribution in [0.5, 0.6) is 0 Å². The predicted molar refractivity (Wildman–Crippen MR) is 87.3 cm³/mol. The van der Waals surface area contributed by atoms with Gasteiger partial charge in [0.1, 0.15) is 0 Å². The summed E-state index contributed by atoms with van der Waals surface area (Å²) in [6, 6.07) is 8.26. The molecule has 0 aliphatic carbocycles. The summed E-state index contributed by atoms with van der Waals surface area (Å²) in [4.78, 5) is 23.8. The van der Waals surface area contributed by atoms with E-state index in [1.807, 2.05) is 5.43 Å². The first-order valence-electron chi connectivity index (χ1n) is 7.36. The zero-order chi connectivity index (χ0) is 18.3. The second-order valence-electron chi connectivity index (χ2n) is 5.50. The lowest BCUT2D eigenvalue weighted by Crippen LogP contribution is -2.51. The number of sulfonamides is 1. The molecule has 2 amide bonds. The van der Waals surface area contributed by atoms with Crippen molar-refractivity contribution >= 4 is 22.2 Å². The van der Waals surface area contributed by atoms with Gasteiger partial charge in [-0.25, -0.2) is 23.4 Å². The standard InChI is InChI=1S/C15H22N2O6S/c1-11(2)22-14(18)16-17(15(19)23-12(3)4)24(20,21)10-13-8-6-5-7-9-13/h5-9,11-12H,10H2,1-4H3,(H,16,18). The van der Waals surface area contributed by atoms with Gasteiger partial charge in [0.2, 0.25) is 0 Å². The van der Waals surface area contributed by atoms with Crippen molar-refractivity contribution in [2.75, 3.05) is 0 Å². The van der Waals surface area contributed by atoms with Crippen LogP contribution in [0, 0.1) is 0 Å². The number of rotatable bonds is 5. The maximum Gasteiger partial charge on any atom is 0.443 e. The summed E-state index contributed by atoms with van der Waals surface area (Å²) < 4.78 is 34.9. The van der Waals surface area contributed by atoms with E-state index in [-0.39, 0.29) is 4.41 Å². The molecular weight excluding hydrogens is 336 g/mol. The number of hydrogen-bond acceptors (Lipinski definition) is 6. The van der Waals surface area contributed by atoms with E-state index < -0.39 is 40.2 Å². The molecule has 0 aliphatic rings.